The molecule has 0 saturated carbocycles. The lowest BCUT2D eigenvalue weighted by Crippen LogP contribution is -2.10. The molecule has 4 aromatic carbocycles. The summed E-state index contributed by atoms with van der Waals surface area (Å²) in [5.74, 6) is -1.80. The maximum Gasteiger partial charge on any atom is 0.343 e. The quantitative estimate of drug-likeness (QED) is 0.143. The van der Waals surface area contributed by atoms with Gasteiger partial charge in [-0.1, -0.05) is 48.5 Å². The van der Waals surface area contributed by atoms with Gasteiger partial charge < -0.3 is 9.47 Å². The van der Waals surface area contributed by atoms with Gasteiger partial charge in [-0.25, -0.2) is 9.59 Å². The smallest absolute Gasteiger partial charge is 0.343 e. The summed E-state index contributed by atoms with van der Waals surface area (Å²) >= 11 is 0. The first kappa shape index (κ1) is 23.8. The lowest BCUT2D eigenvalue weighted by Gasteiger charge is -2.08. The molecule has 0 N–H and O–H groups in total. The highest BCUT2D eigenvalue weighted by atomic mass is 16.6. The number of carbonyl (C=O) groups is 2. The second-order valence-electron chi connectivity index (χ2n) is 7.38. The number of ether oxygens (including phenoxy) is 2. The fourth-order valence-corrected chi connectivity index (χ4v) is 3.30. The first-order valence-corrected chi connectivity index (χ1v) is 10.4. The van der Waals surface area contributed by atoms with Gasteiger partial charge in [-0.15, -0.1) is 0 Å². The standard InChI is InChI=1S/C26H16N2O8/c29-25(35-23-7-3-1-5-21(23)27(31)32)19-13-9-17(10-14-19)18-11-15-20(16-12-18)26(30)36-24-8-4-2-6-22(24)28(33)34/h1-16H. The van der Waals surface area contributed by atoms with Gasteiger partial charge >= 0.3 is 23.3 Å². The molecule has 0 spiro atoms. The zero-order chi connectivity index (χ0) is 25.7. The van der Waals surface area contributed by atoms with Crippen LogP contribution in [-0.4, -0.2) is 21.8 Å². The second kappa shape index (κ2) is 10.3. The fraction of sp³-hybridized carbons (Fsp3) is 0. The van der Waals surface area contributed by atoms with Gasteiger partial charge in [0.2, 0.25) is 11.5 Å². The van der Waals surface area contributed by atoms with Crippen molar-refractivity contribution in [3.8, 4) is 22.6 Å². The van der Waals surface area contributed by atoms with Gasteiger partial charge in [0, 0.05) is 12.1 Å². The molecule has 0 unspecified atom stereocenters. The third kappa shape index (κ3) is 5.23. The summed E-state index contributed by atoms with van der Waals surface area (Å²) in [6.45, 7) is 0. The van der Waals surface area contributed by atoms with Crippen LogP contribution in [0.4, 0.5) is 11.4 Å². The van der Waals surface area contributed by atoms with E-state index in [1.54, 1.807) is 24.3 Å². The molecule has 0 radical (unpaired) electrons. The van der Waals surface area contributed by atoms with Crippen LogP contribution >= 0.6 is 0 Å². The van der Waals surface area contributed by atoms with Gasteiger partial charge in [-0.3, -0.25) is 20.2 Å². The molecule has 0 aliphatic rings. The number of rotatable bonds is 7. The summed E-state index contributed by atoms with van der Waals surface area (Å²) in [5.41, 5.74) is 1.22. The van der Waals surface area contributed by atoms with Crippen LogP contribution in [-0.2, 0) is 0 Å². The third-order valence-corrected chi connectivity index (χ3v) is 5.10. The Labute approximate surface area is 203 Å². The molecule has 4 rings (SSSR count). The van der Waals surface area contributed by atoms with Crippen molar-refractivity contribution in [1.82, 2.24) is 0 Å². The second-order valence-corrected chi connectivity index (χ2v) is 7.38. The SMILES string of the molecule is O=C(Oc1ccccc1[N+](=O)[O-])c1ccc(-c2ccc(C(=O)Oc3ccccc3[N+](=O)[O-])cc2)cc1. The molecule has 0 aromatic heterocycles. The van der Waals surface area contributed by atoms with Crippen molar-refractivity contribution in [3.05, 3.63) is 128 Å². The molecule has 10 heteroatoms. The Balaban J connectivity index is 1.45. The number of nitrogens with zero attached hydrogens (tertiary/aromatic N) is 2. The van der Waals surface area contributed by atoms with Crippen LogP contribution in [0, 0.1) is 20.2 Å². The molecule has 0 bridgehead atoms. The van der Waals surface area contributed by atoms with Gasteiger partial charge in [-0.05, 0) is 47.5 Å². The van der Waals surface area contributed by atoms with E-state index in [0.29, 0.717) is 0 Å². The summed E-state index contributed by atoms with van der Waals surface area (Å²) < 4.78 is 10.4. The molecule has 0 fully saturated rings. The van der Waals surface area contributed by atoms with Crippen molar-refractivity contribution in [3.63, 3.8) is 0 Å². The number of para-hydroxylation sites is 4. The molecule has 0 atom stereocenters. The zero-order valence-electron chi connectivity index (χ0n) is 18.4. The Morgan fingerprint density at radius 3 is 1.19 bits per heavy atom. The fourth-order valence-electron chi connectivity index (χ4n) is 3.30. The number of carbonyl (C=O) groups excluding carboxylic acids is 2. The van der Waals surface area contributed by atoms with Crippen LogP contribution in [0.1, 0.15) is 20.7 Å². The van der Waals surface area contributed by atoms with Gasteiger partial charge in [0.1, 0.15) is 0 Å². The molecule has 0 aliphatic carbocycles. The minimum Gasteiger partial charge on any atom is -0.416 e. The highest BCUT2D eigenvalue weighted by Crippen LogP contribution is 2.28. The number of benzene rings is 4. The molecule has 0 heterocycles. The predicted octanol–water partition coefficient (Wildman–Crippen LogP) is 5.61. The Bertz CT molecular complexity index is 1350. The average Bonchev–Trinajstić information content (AvgIpc) is 2.89. The summed E-state index contributed by atoms with van der Waals surface area (Å²) in [5, 5.41) is 22.2. The van der Waals surface area contributed by atoms with E-state index in [2.05, 4.69) is 0 Å². The maximum absolute atomic E-state index is 12.4. The van der Waals surface area contributed by atoms with Crippen molar-refractivity contribution in [1.29, 1.82) is 0 Å². The number of esters is 2. The Morgan fingerprint density at radius 2 is 0.861 bits per heavy atom. The van der Waals surface area contributed by atoms with E-state index in [0.717, 1.165) is 11.1 Å². The van der Waals surface area contributed by atoms with Crippen molar-refractivity contribution < 1.29 is 28.9 Å². The Morgan fingerprint density at radius 1 is 0.528 bits per heavy atom. The highest BCUT2D eigenvalue weighted by Gasteiger charge is 2.19. The molecular weight excluding hydrogens is 468 g/mol. The van der Waals surface area contributed by atoms with Crippen LogP contribution < -0.4 is 9.47 Å². The third-order valence-electron chi connectivity index (χ3n) is 5.10. The van der Waals surface area contributed by atoms with Gasteiger partial charge in [0.15, 0.2) is 0 Å². The average molecular weight is 484 g/mol. The first-order valence-electron chi connectivity index (χ1n) is 10.4. The Hall–Kier alpha value is -5.38. The monoisotopic (exact) mass is 484 g/mol. The van der Waals surface area contributed by atoms with Gasteiger partial charge in [0.25, 0.3) is 0 Å². The van der Waals surface area contributed by atoms with Gasteiger partial charge in [0.05, 0.1) is 21.0 Å². The van der Waals surface area contributed by atoms with E-state index in [1.807, 2.05) is 0 Å². The van der Waals surface area contributed by atoms with Crippen molar-refractivity contribution in [2.24, 2.45) is 0 Å². The molecule has 10 nitrogen and oxygen atoms in total. The van der Waals surface area contributed by atoms with Crippen molar-refractivity contribution in [2.75, 3.05) is 0 Å². The lowest BCUT2D eigenvalue weighted by atomic mass is 10.0. The van der Waals surface area contributed by atoms with E-state index < -0.39 is 21.8 Å². The number of hydrogen-bond acceptors (Lipinski definition) is 8. The first-order chi connectivity index (χ1) is 17.3. The van der Waals surface area contributed by atoms with Crippen LogP contribution in [0.2, 0.25) is 0 Å². The normalized spacial score (nSPS) is 10.3. The topological polar surface area (TPSA) is 139 Å². The van der Waals surface area contributed by atoms with E-state index in [1.165, 1.54) is 72.8 Å². The summed E-state index contributed by atoms with van der Waals surface area (Å²) in [7, 11) is 0. The van der Waals surface area contributed by atoms with Crippen LogP contribution in [0.5, 0.6) is 11.5 Å². The molecule has 0 amide bonds. The molecule has 4 aromatic rings. The molecule has 178 valence electrons. The Kier molecular flexibility index (Phi) is 6.78. The van der Waals surface area contributed by atoms with E-state index in [-0.39, 0.29) is 34.0 Å². The van der Waals surface area contributed by atoms with Crippen LogP contribution in [0.15, 0.2) is 97.1 Å². The lowest BCUT2D eigenvalue weighted by molar-refractivity contribution is -0.385. The van der Waals surface area contributed by atoms with E-state index >= 15 is 0 Å². The van der Waals surface area contributed by atoms with Crippen LogP contribution in [0.3, 0.4) is 0 Å². The van der Waals surface area contributed by atoms with Gasteiger partial charge in [-0.2, -0.15) is 0 Å². The number of nitro groups is 2. The minimum atomic E-state index is -0.746. The molecule has 0 saturated heterocycles. The van der Waals surface area contributed by atoms with Crippen molar-refractivity contribution >= 4 is 23.3 Å². The number of hydrogen-bond donors (Lipinski definition) is 0. The van der Waals surface area contributed by atoms with Crippen LogP contribution in [0.25, 0.3) is 11.1 Å². The predicted molar refractivity (Wildman–Crippen MR) is 128 cm³/mol. The van der Waals surface area contributed by atoms with E-state index in [9.17, 15) is 29.8 Å². The number of nitro benzene ring substituents is 2. The highest BCUT2D eigenvalue weighted by molar-refractivity contribution is 5.93. The molecule has 36 heavy (non-hydrogen) atoms. The maximum atomic E-state index is 12.4. The minimum absolute atomic E-state index is 0.153. The van der Waals surface area contributed by atoms with Crippen molar-refractivity contribution in [2.45, 2.75) is 0 Å². The zero-order valence-corrected chi connectivity index (χ0v) is 18.4. The van der Waals surface area contributed by atoms with E-state index in [4.69, 9.17) is 9.47 Å². The largest absolute Gasteiger partial charge is 0.416 e. The molecular formula is C26H16N2O8. The summed E-state index contributed by atoms with van der Waals surface area (Å²) in [4.78, 5) is 45.8. The summed E-state index contributed by atoms with van der Waals surface area (Å²) in [6, 6.07) is 23.9. The molecule has 0 aliphatic heterocycles. The summed E-state index contributed by atoms with van der Waals surface area (Å²) in [6.07, 6.45) is 0.